The van der Waals surface area contributed by atoms with E-state index < -0.39 is 0 Å². The molecule has 0 bridgehead atoms. The Balaban J connectivity index is 0.00000243. The van der Waals surface area contributed by atoms with Crippen LogP contribution >= 0.6 is 35.6 Å². The molecule has 26 heavy (non-hydrogen) atoms. The first kappa shape index (κ1) is 20.6. The van der Waals surface area contributed by atoms with Crippen LogP contribution in [0.2, 0.25) is 5.02 Å². The predicted octanol–water partition coefficient (Wildman–Crippen LogP) is 2.11. The number of aromatic nitrogens is 3. The van der Waals surface area contributed by atoms with Crippen molar-refractivity contribution < 1.29 is 9.47 Å². The summed E-state index contributed by atoms with van der Waals surface area (Å²) in [5, 5.41) is 11.0. The van der Waals surface area contributed by atoms with Gasteiger partial charge < -0.3 is 20.1 Å². The zero-order valence-corrected chi connectivity index (χ0v) is 17.7. The fourth-order valence-electron chi connectivity index (χ4n) is 2.44. The Hall–Kier alpha value is -1.75. The molecule has 10 heteroatoms. The minimum absolute atomic E-state index is 0. The molecule has 0 radical (unpaired) electrons. The van der Waals surface area contributed by atoms with Gasteiger partial charge in [0.1, 0.15) is 12.2 Å². The Kier molecular flexibility index (Phi) is 7.76. The minimum atomic E-state index is 0. The van der Waals surface area contributed by atoms with Gasteiger partial charge in [0.25, 0.3) is 0 Å². The van der Waals surface area contributed by atoms with Crippen LogP contribution in [0.5, 0.6) is 11.5 Å². The van der Waals surface area contributed by atoms with E-state index in [2.05, 4.69) is 25.7 Å². The number of nitrogens with zero attached hydrogens (tertiary/aromatic N) is 4. The molecular weight excluding hydrogens is 471 g/mol. The highest BCUT2D eigenvalue weighted by molar-refractivity contribution is 14.0. The molecule has 142 valence electrons. The second-order valence-corrected chi connectivity index (χ2v) is 5.94. The monoisotopic (exact) mass is 492 g/mol. The number of aryl methyl sites for hydroxylation is 1. The summed E-state index contributed by atoms with van der Waals surface area (Å²) in [6.45, 7) is 2.32. The second kappa shape index (κ2) is 9.81. The zero-order valence-electron chi connectivity index (χ0n) is 14.7. The predicted molar refractivity (Wildman–Crippen MR) is 111 cm³/mol. The number of ether oxygens (including phenoxy) is 2. The summed E-state index contributed by atoms with van der Waals surface area (Å²) in [6, 6.07) is 3.81. The summed E-state index contributed by atoms with van der Waals surface area (Å²) < 4.78 is 13.1. The molecule has 8 nitrogen and oxygen atoms in total. The molecule has 1 aromatic heterocycles. The van der Waals surface area contributed by atoms with Crippen LogP contribution in [-0.4, -0.2) is 41.0 Å². The lowest BCUT2D eigenvalue weighted by molar-refractivity contribution is 0.297. The maximum Gasteiger partial charge on any atom is 0.191 e. The maximum absolute atomic E-state index is 6.32. The number of fused-ring (bicyclic) bond motifs is 1. The van der Waals surface area contributed by atoms with E-state index in [0.29, 0.717) is 48.8 Å². The van der Waals surface area contributed by atoms with Gasteiger partial charge in [-0.1, -0.05) is 11.6 Å². The van der Waals surface area contributed by atoms with Gasteiger partial charge >= 0.3 is 0 Å². The molecule has 1 aliphatic rings. The number of nitrogens with one attached hydrogen (secondary N) is 2. The third-order valence-corrected chi connectivity index (χ3v) is 4.05. The van der Waals surface area contributed by atoms with Crippen LogP contribution in [0, 0.1) is 0 Å². The topological polar surface area (TPSA) is 85.6 Å². The van der Waals surface area contributed by atoms with Crippen LogP contribution < -0.4 is 20.1 Å². The molecule has 0 atom stereocenters. The average molecular weight is 493 g/mol. The first-order valence-corrected chi connectivity index (χ1v) is 8.40. The van der Waals surface area contributed by atoms with Crippen molar-refractivity contribution in [2.45, 2.75) is 19.5 Å². The highest BCUT2D eigenvalue weighted by Gasteiger charge is 2.15. The number of benzene rings is 1. The molecule has 0 saturated heterocycles. The highest BCUT2D eigenvalue weighted by atomic mass is 127. The van der Waals surface area contributed by atoms with Gasteiger partial charge in [0.15, 0.2) is 17.5 Å². The summed E-state index contributed by atoms with van der Waals surface area (Å²) in [7, 11) is 3.56. The lowest BCUT2D eigenvalue weighted by Gasteiger charge is -2.14. The second-order valence-electron chi connectivity index (χ2n) is 5.53. The van der Waals surface area contributed by atoms with Crippen LogP contribution in [0.3, 0.4) is 0 Å². The van der Waals surface area contributed by atoms with Gasteiger partial charge in [-0.25, -0.2) is 4.98 Å². The van der Waals surface area contributed by atoms with E-state index >= 15 is 0 Å². The standard InChI is InChI=1S/C16H21ClN6O2.HI/c1-18-16(20-9-14-21-10-22-23(14)2)19-8-11-6-12(17)15-13(7-11)24-4-3-5-25-15;/h6-7,10H,3-5,8-9H2,1-2H3,(H2,18,19,20);1H. The van der Waals surface area contributed by atoms with E-state index in [4.69, 9.17) is 21.1 Å². The van der Waals surface area contributed by atoms with Crippen molar-refractivity contribution in [3.8, 4) is 11.5 Å². The molecule has 1 aromatic carbocycles. The molecule has 3 rings (SSSR count). The fourth-order valence-corrected chi connectivity index (χ4v) is 2.72. The van der Waals surface area contributed by atoms with Crippen LogP contribution in [0.25, 0.3) is 0 Å². The molecule has 2 aromatic rings. The number of aliphatic imine (C=N–C) groups is 1. The quantitative estimate of drug-likeness (QED) is 0.386. The zero-order chi connectivity index (χ0) is 17.6. The van der Waals surface area contributed by atoms with Crippen molar-refractivity contribution in [1.29, 1.82) is 0 Å². The molecule has 0 spiro atoms. The number of halogens is 2. The van der Waals surface area contributed by atoms with Gasteiger partial charge in [-0.2, -0.15) is 5.10 Å². The Bertz CT molecular complexity index is 767. The molecule has 2 N–H and O–H groups in total. The third kappa shape index (κ3) is 5.13. The first-order valence-electron chi connectivity index (χ1n) is 8.03. The largest absolute Gasteiger partial charge is 0.489 e. The Morgan fingerprint density at radius 1 is 1.27 bits per heavy atom. The Morgan fingerprint density at radius 3 is 2.77 bits per heavy atom. The van der Waals surface area contributed by atoms with Crippen LogP contribution in [0.4, 0.5) is 0 Å². The van der Waals surface area contributed by atoms with Gasteiger partial charge in [-0.3, -0.25) is 9.67 Å². The molecule has 0 saturated carbocycles. The van der Waals surface area contributed by atoms with Gasteiger partial charge in [0.05, 0.1) is 24.8 Å². The summed E-state index contributed by atoms with van der Waals surface area (Å²) in [5.41, 5.74) is 0.982. The molecule has 2 heterocycles. The molecule has 0 aliphatic carbocycles. The minimum Gasteiger partial charge on any atom is -0.489 e. The lowest BCUT2D eigenvalue weighted by Crippen LogP contribution is -2.36. The van der Waals surface area contributed by atoms with E-state index in [0.717, 1.165) is 17.8 Å². The van der Waals surface area contributed by atoms with E-state index in [-0.39, 0.29) is 24.0 Å². The summed E-state index contributed by atoms with van der Waals surface area (Å²) in [5.74, 6) is 2.78. The SMILES string of the molecule is CN=C(NCc1cc(Cl)c2c(c1)OCCCO2)NCc1ncnn1C.I. The molecule has 0 amide bonds. The van der Waals surface area contributed by atoms with Gasteiger partial charge in [0, 0.05) is 27.1 Å². The van der Waals surface area contributed by atoms with Gasteiger partial charge in [-0.15, -0.1) is 24.0 Å². The highest BCUT2D eigenvalue weighted by Crippen LogP contribution is 2.37. The first-order chi connectivity index (χ1) is 12.2. The molecule has 1 aliphatic heterocycles. The summed E-state index contributed by atoms with van der Waals surface area (Å²) in [6.07, 6.45) is 2.37. The fraction of sp³-hybridized carbons (Fsp3) is 0.438. The number of hydrogen-bond donors (Lipinski definition) is 2. The van der Waals surface area contributed by atoms with E-state index in [1.54, 1.807) is 11.7 Å². The normalized spacial score (nSPS) is 13.6. The van der Waals surface area contributed by atoms with E-state index in [1.165, 1.54) is 6.33 Å². The molecular formula is C16H22ClIN6O2. The van der Waals surface area contributed by atoms with Crippen LogP contribution in [0.1, 0.15) is 17.8 Å². The Morgan fingerprint density at radius 2 is 2.04 bits per heavy atom. The van der Waals surface area contributed by atoms with Crippen LogP contribution in [-0.2, 0) is 20.1 Å². The summed E-state index contributed by atoms with van der Waals surface area (Å²) >= 11 is 6.32. The van der Waals surface area contributed by atoms with Crippen molar-refractivity contribution in [3.63, 3.8) is 0 Å². The van der Waals surface area contributed by atoms with Crippen molar-refractivity contribution in [3.05, 3.63) is 34.9 Å². The molecule has 0 unspecified atom stereocenters. The average Bonchev–Trinajstić information content (AvgIpc) is 2.87. The Labute approximate surface area is 174 Å². The number of rotatable bonds is 4. The van der Waals surface area contributed by atoms with Crippen LogP contribution in [0.15, 0.2) is 23.5 Å². The van der Waals surface area contributed by atoms with Crippen molar-refractivity contribution in [1.82, 2.24) is 25.4 Å². The lowest BCUT2D eigenvalue weighted by atomic mass is 10.2. The van der Waals surface area contributed by atoms with Gasteiger partial charge in [0.2, 0.25) is 0 Å². The van der Waals surface area contributed by atoms with E-state index in [1.807, 2.05) is 19.2 Å². The van der Waals surface area contributed by atoms with Crippen molar-refractivity contribution >= 4 is 41.5 Å². The van der Waals surface area contributed by atoms with E-state index in [9.17, 15) is 0 Å². The third-order valence-electron chi connectivity index (χ3n) is 3.76. The van der Waals surface area contributed by atoms with Crippen molar-refractivity contribution in [2.24, 2.45) is 12.0 Å². The number of guanidine groups is 1. The maximum atomic E-state index is 6.32. The smallest absolute Gasteiger partial charge is 0.191 e. The number of hydrogen-bond acceptors (Lipinski definition) is 5. The van der Waals surface area contributed by atoms with Gasteiger partial charge in [-0.05, 0) is 17.7 Å². The molecule has 0 fully saturated rings. The van der Waals surface area contributed by atoms with Crippen molar-refractivity contribution in [2.75, 3.05) is 20.3 Å². The summed E-state index contributed by atoms with van der Waals surface area (Å²) in [4.78, 5) is 8.37.